The van der Waals surface area contributed by atoms with Gasteiger partial charge in [-0.1, -0.05) is 49.3 Å². The topological polar surface area (TPSA) is 212 Å². The lowest BCUT2D eigenvalue weighted by Gasteiger charge is -2.29. The van der Waals surface area contributed by atoms with Gasteiger partial charge in [0.25, 0.3) is 5.91 Å². The summed E-state index contributed by atoms with van der Waals surface area (Å²) in [5, 5.41) is 27.6. The highest BCUT2D eigenvalue weighted by molar-refractivity contribution is 5.98. The van der Waals surface area contributed by atoms with Crippen molar-refractivity contribution in [3.8, 4) is 0 Å². The Bertz CT molecular complexity index is 1480. The van der Waals surface area contributed by atoms with Crippen molar-refractivity contribution in [1.29, 1.82) is 0 Å². The second-order valence-corrected chi connectivity index (χ2v) is 12.9. The number of aliphatic hydroxyl groups excluding tert-OH is 1. The second kappa shape index (κ2) is 16.4. The largest absolute Gasteiger partial charge is 0.391 e. The van der Waals surface area contributed by atoms with Gasteiger partial charge in [0.1, 0.15) is 30.2 Å². The lowest BCUT2D eigenvalue weighted by atomic mass is 10.00. The summed E-state index contributed by atoms with van der Waals surface area (Å²) >= 11 is 0. The van der Waals surface area contributed by atoms with Gasteiger partial charge in [0.05, 0.1) is 11.8 Å². The Morgan fingerprint density at radius 2 is 1.71 bits per heavy atom. The van der Waals surface area contributed by atoms with Crippen molar-refractivity contribution in [2.24, 2.45) is 5.92 Å². The first-order valence-corrected chi connectivity index (χ1v) is 16.3. The van der Waals surface area contributed by atoms with Crippen LogP contribution in [-0.2, 0) is 30.4 Å². The standard InChI is InChI=1S/C33H45N7O8/c1-18(2)13-24-29(43)35-20(4)33(47)40-17-22(41)16-26(40)31(45)34-12-8-11-23(36-32(46)27-14-19(3)39-48-27)28(42)38-25(30(44)37-24)15-21-9-6-5-7-10-21/h5-7,9-10,14,18,20,22-26,41H,8,11-13,15-17H2,1-4H3,(H,34,45)(H,35,43)(H,36,46)(H,37,44)(H,38,42)/t20-,22+,23-,24-,25+,26-/m0/s1. The van der Waals surface area contributed by atoms with Gasteiger partial charge in [0.15, 0.2) is 0 Å². The monoisotopic (exact) mass is 667 g/mol. The molecule has 2 aromatic rings. The molecule has 6 N–H and O–H groups in total. The highest BCUT2D eigenvalue weighted by atomic mass is 16.5. The van der Waals surface area contributed by atoms with E-state index in [4.69, 9.17) is 4.52 Å². The van der Waals surface area contributed by atoms with E-state index < -0.39 is 71.8 Å². The van der Waals surface area contributed by atoms with Gasteiger partial charge in [-0.3, -0.25) is 28.8 Å². The van der Waals surface area contributed by atoms with E-state index in [1.165, 1.54) is 17.9 Å². The van der Waals surface area contributed by atoms with Crippen LogP contribution in [0.15, 0.2) is 40.9 Å². The third-order valence-corrected chi connectivity index (χ3v) is 8.29. The number of aliphatic hydroxyl groups is 1. The number of rotatable bonds is 6. The third kappa shape index (κ3) is 9.62. The molecular formula is C33H45N7O8. The number of hydrogen-bond donors (Lipinski definition) is 6. The van der Waals surface area contributed by atoms with Crippen LogP contribution < -0.4 is 26.6 Å². The zero-order chi connectivity index (χ0) is 35.0. The lowest BCUT2D eigenvalue weighted by molar-refractivity contribution is -0.141. The van der Waals surface area contributed by atoms with Crippen molar-refractivity contribution in [2.75, 3.05) is 13.1 Å². The van der Waals surface area contributed by atoms with Crippen molar-refractivity contribution >= 4 is 35.4 Å². The fourth-order valence-corrected chi connectivity index (χ4v) is 5.84. The van der Waals surface area contributed by atoms with Crippen LogP contribution in [0.4, 0.5) is 0 Å². The first-order chi connectivity index (χ1) is 22.8. The predicted octanol–water partition coefficient (Wildman–Crippen LogP) is -0.284. The van der Waals surface area contributed by atoms with Gasteiger partial charge in [-0.05, 0) is 44.6 Å². The number of aryl methyl sites for hydroxylation is 1. The van der Waals surface area contributed by atoms with E-state index in [0.717, 1.165) is 5.56 Å². The van der Waals surface area contributed by atoms with Crippen LogP contribution in [-0.4, -0.2) is 100 Å². The number of aromatic nitrogens is 1. The fourth-order valence-electron chi connectivity index (χ4n) is 5.84. The van der Waals surface area contributed by atoms with E-state index in [2.05, 4.69) is 31.7 Å². The molecule has 0 saturated carbocycles. The van der Waals surface area contributed by atoms with Crippen molar-refractivity contribution in [1.82, 2.24) is 36.6 Å². The fraction of sp³-hybridized carbons (Fsp3) is 0.545. The number of fused-ring (bicyclic) bond motifs is 1. The predicted molar refractivity (Wildman–Crippen MR) is 172 cm³/mol. The molecule has 0 unspecified atom stereocenters. The van der Waals surface area contributed by atoms with Gasteiger partial charge >= 0.3 is 0 Å². The lowest BCUT2D eigenvalue weighted by Crippen LogP contribution is -2.59. The minimum Gasteiger partial charge on any atom is -0.391 e. The summed E-state index contributed by atoms with van der Waals surface area (Å²) in [6.07, 6.45) is -0.297. The molecule has 0 aliphatic carbocycles. The Morgan fingerprint density at radius 1 is 1.02 bits per heavy atom. The summed E-state index contributed by atoms with van der Waals surface area (Å²) in [5.41, 5.74) is 1.21. The third-order valence-electron chi connectivity index (χ3n) is 8.29. The smallest absolute Gasteiger partial charge is 0.290 e. The first-order valence-electron chi connectivity index (χ1n) is 16.3. The molecule has 15 heteroatoms. The molecule has 0 bridgehead atoms. The molecule has 4 rings (SSSR count). The quantitative estimate of drug-likeness (QED) is 0.239. The van der Waals surface area contributed by atoms with E-state index in [1.807, 2.05) is 19.9 Å². The number of carbonyl (C=O) groups excluding carboxylic acids is 6. The van der Waals surface area contributed by atoms with Crippen molar-refractivity contribution in [3.05, 3.63) is 53.4 Å². The van der Waals surface area contributed by atoms with Crippen molar-refractivity contribution in [3.63, 3.8) is 0 Å². The average Bonchev–Trinajstić information content (AvgIpc) is 3.66. The molecule has 1 aromatic heterocycles. The molecule has 2 aliphatic heterocycles. The summed E-state index contributed by atoms with van der Waals surface area (Å²) < 4.78 is 5.06. The normalized spacial score (nSPS) is 26.5. The maximum Gasteiger partial charge on any atom is 0.290 e. The molecule has 2 saturated heterocycles. The van der Waals surface area contributed by atoms with E-state index in [0.29, 0.717) is 5.69 Å². The second-order valence-electron chi connectivity index (χ2n) is 12.9. The molecule has 2 aliphatic rings. The van der Waals surface area contributed by atoms with Crippen LogP contribution in [0, 0.1) is 12.8 Å². The number of nitrogens with zero attached hydrogens (tertiary/aromatic N) is 2. The molecule has 48 heavy (non-hydrogen) atoms. The molecule has 260 valence electrons. The Balaban J connectivity index is 1.66. The maximum absolute atomic E-state index is 13.8. The van der Waals surface area contributed by atoms with E-state index in [9.17, 15) is 33.9 Å². The van der Waals surface area contributed by atoms with Crippen LogP contribution in [0.25, 0.3) is 0 Å². The molecule has 3 heterocycles. The summed E-state index contributed by atoms with van der Waals surface area (Å²) in [4.78, 5) is 82.0. The Kier molecular flexibility index (Phi) is 12.3. The summed E-state index contributed by atoms with van der Waals surface area (Å²) in [5.74, 6) is -3.76. The van der Waals surface area contributed by atoms with Crippen LogP contribution in [0.3, 0.4) is 0 Å². The van der Waals surface area contributed by atoms with Crippen LogP contribution >= 0.6 is 0 Å². The average molecular weight is 668 g/mol. The molecule has 6 atom stereocenters. The summed E-state index contributed by atoms with van der Waals surface area (Å²) in [7, 11) is 0. The molecule has 15 nitrogen and oxygen atoms in total. The minimum absolute atomic E-state index is 0.0186. The van der Waals surface area contributed by atoms with Gasteiger partial charge in [-0.2, -0.15) is 0 Å². The van der Waals surface area contributed by atoms with Crippen LogP contribution in [0.2, 0.25) is 0 Å². The number of benzene rings is 1. The maximum atomic E-state index is 13.8. The van der Waals surface area contributed by atoms with Crippen LogP contribution in [0.1, 0.15) is 68.3 Å². The molecule has 0 spiro atoms. The Labute approximate surface area is 278 Å². The highest BCUT2D eigenvalue weighted by Gasteiger charge is 2.41. The molecule has 1 aromatic carbocycles. The first kappa shape index (κ1) is 36.1. The zero-order valence-corrected chi connectivity index (χ0v) is 27.7. The Hall–Kier alpha value is -4.79. The van der Waals surface area contributed by atoms with Gasteiger partial charge in [0.2, 0.25) is 35.3 Å². The molecule has 2 fully saturated rings. The number of nitrogens with one attached hydrogen (secondary N) is 5. The highest BCUT2D eigenvalue weighted by Crippen LogP contribution is 2.20. The van der Waals surface area contributed by atoms with Gasteiger partial charge in [0, 0.05) is 32.0 Å². The van der Waals surface area contributed by atoms with Crippen molar-refractivity contribution in [2.45, 2.75) is 96.1 Å². The minimum atomic E-state index is -1.15. The van der Waals surface area contributed by atoms with E-state index in [1.54, 1.807) is 31.2 Å². The van der Waals surface area contributed by atoms with Crippen molar-refractivity contribution < 1.29 is 38.4 Å². The number of carbonyl (C=O) groups is 6. The summed E-state index contributed by atoms with van der Waals surface area (Å²) in [6, 6.07) is 5.06. The summed E-state index contributed by atoms with van der Waals surface area (Å²) in [6.45, 7) is 6.89. The number of amides is 6. The van der Waals surface area contributed by atoms with Gasteiger partial charge < -0.3 is 41.1 Å². The van der Waals surface area contributed by atoms with Crippen LogP contribution in [0.5, 0.6) is 0 Å². The molecule has 0 radical (unpaired) electrons. The molecular weight excluding hydrogens is 622 g/mol. The SMILES string of the molecule is Cc1cc(C(=O)N[C@H]2CCCNC(=O)[C@@H]3C[C@@H](O)CN3C(=O)[C@H](C)NC(=O)[C@H](CC(C)C)NC(=O)[C@@H](Cc3ccccc3)NC2=O)on1. The van der Waals surface area contributed by atoms with Gasteiger partial charge in [-0.15, -0.1) is 0 Å². The van der Waals surface area contributed by atoms with E-state index >= 15 is 0 Å². The Morgan fingerprint density at radius 3 is 2.38 bits per heavy atom. The number of hydrogen-bond acceptors (Lipinski definition) is 9. The molecule has 6 amide bonds. The zero-order valence-electron chi connectivity index (χ0n) is 27.7. The van der Waals surface area contributed by atoms with Gasteiger partial charge in [-0.25, -0.2) is 0 Å². The van der Waals surface area contributed by atoms with E-state index in [-0.39, 0.29) is 56.9 Å².